The third-order valence-electron chi connectivity index (χ3n) is 5.26. The summed E-state index contributed by atoms with van der Waals surface area (Å²) in [6.07, 6.45) is 0.836. The van der Waals surface area contributed by atoms with Gasteiger partial charge in [-0.15, -0.1) is 0 Å². The van der Waals surface area contributed by atoms with Crippen LogP contribution < -0.4 is 10.7 Å². The SMILES string of the molecule is Cc1cc(=O)c(C(=O)N[C@@H]2CCN(Cc3ccccc3)C2)nn1-c1ccccc1Cl. The minimum atomic E-state index is -0.452. The number of amides is 1. The molecular formula is C23H23ClN4O2. The predicted molar refractivity (Wildman–Crippen MR) is 117 cm³/mol. The summed E-state index contributed by atoms with van der Waals surface area (Å²) in [7, 11) is 0. The van der Waals surface area contributed by atoms with E-state index in [0.29, 0.717) is 16.4 Å². The van der Waals surface area contributed by atoms with Crippen LogP contribution in [0.3, 0.4) is 0 Å². The van der Waals surface area contributed by atoms with Gasteiger partial charge in [-0.1, -0.05) is 54.1 Å². The molecule has 1 aliphatic heterocycles. The fourth-order valence-electron chi connectivity index (χ4n) is 3.76. The largest absolute Gasteiger partial charge is 0.346 e. The Kier molecular flexibility index (Phi) is 5.97. The van der Waals surface area contributed by atoms with Gasteiger partial charge in [-0.2, -0.15) is 5.10 Å². The Morgan fingerprint density at radius 2 is 1.90 bits per heavy atom. The molecule has 0 radical (unpaired) electrons. The number of aryl methyl sites for hydroxylation is 1. The van der Waals surface area contributed by atoms with Crippen LogP contribution in [0.15, 0.2) is 65.5 Å². The first kappa shape index (κ1) is 20.3. The highest BCUT2D eigenvalue weighted by atomic mass is 35.5. The van der Waals surface area contributed by atoms with Crippen LogP contribution in [0.5, 0.6) is 0 Å². The monoisotopic (exact) mass is 422 g/mol. The maximum atomic E-state index is 12.8. The fourth-order valence-corrected chi connectivity index (χ4v) is 3.98. The number of carbonyl (C=O) groups excluding carboxylic acids is 1. The predicted octanol–water partition coefficient (Wildman–Crippen LogP) is 3.20. The number of hydrogen-bond acceptors (Lipinski definition) is 4. The number of likely N-dealkylation sites (tertiary alicyclic amines) is 1. The van der Waals surface area contributed by atoms with Crippen LogP contribution in [0.4, 0.5) is 0 Å². The molecule has 2 heterocycles. The highest BCUT2D eigenvalue weighted by Crippen LogP contribution is 2.20. The van der Waals surface area contributed by atoms with Crippen molar-refractivity contribution in [3.63, 3.8) is 0 Å². The Hall–Kier alpha value is -2.96. The van der Waals surface area contributed by atoms with Crippen molar-refractivity contribution in [1.29, 1.82) is 0 Å². The molecule has 1 aliphatic rings. The molecule has 1 atom stereocenters. The molecule has 0 saturated carbocycles. The second-order valence-electron chi connectivity index (χ2n) is 7.54. The van der Waals surface area contributed by atoms with Gasteiger partial charge in [0.1, 0.15) is 0 Å². The Morgan fingerprint density at radius 3 is 2.67 bits per heavy atom. The summed E-state index contributed by atoms with van der Waals surface area (Å²) >= 11 is 6.28. The number of hydrogen-bond donors (Lipinski definition) is 1. The fraction of sp³-hybridized carbons (Fsp3) is 0.261. The van der Waals surface area contributed by atoms with Crippen LogP contribution in [-0.2, 0) is 6.54 Å². The first-order valence-corrected chi connectivity index (χ1v) is 10.3. The van der Waals surface area contributed by atoms with Gasteiger partial charge in [0, 0.05) is 37.4 Å². The molecule has 4 rings (SSSR count). The molecule has 0 unspecified atom stereocenters. The van der Waals surface area contributed by atoms with E-state index < -0.39 is 11.3 Å². The van der Waals surface area contributed by atoms with Gasteiger partial charge in [0.25, 0.3) is 5.91 Å². The van der Waals surface area contributed by atoms with Gasteiger partial charge in [-0.25, -0.2) is 4.68 Å². The van der Waals surface area contributed by atoms with E-state index in [1.165, 1.54) is 16.3 Å². The van der Waals surface area contributed by atoms with Crippen LogP contribution >= 0.6 is 11.6 Å². The van der Waals surface area contributed by atoms with Crippen molar-refractivity contribution in [2.24, 2.45) is 0 Å². The summed E-state index contributed by atoms with van der Waals surface area (Å²) in [6, 6.07) is 18.8. The standard InChI is InChI=1S/C23H23ClN4O2/c1-16-13-21(29)22(26-28(16)20-10-6-5-9-19(20)24)23(30)25-18-11-12-27(15-18)14-17-7-3-2-4-8-17/h2-10,13,18H,11-12,14-15H2,1H3,(H,25,30)/t18-/m1/s1. The topological polar surface area (TPSA) is 67.2 Å². The number of nitrogens with zero attached hydrogens (tertiary/aromatic N) is 3. The van der Waals surface area contributed by atoms with Crippen LogP contribution in [0, 0.1) is 6.92 Å². The van der Waals surface area contributed by atoms with Gasteiger partial charge in [-0.05, 0) is 31.0 Å². The zero-order chi connectivity index (χ0) is 21.1. The summed E-state index contributed by atoms with van der Waals surface area (Å²) in [4.78, 5) is 27.6. The number of benzene rings is 2. The lowest BCUT2D eigenvalue weighted by Gasteiger charge is -2.17. The van der Waals surface area contributed by atoms with Gasteiger partial charge in [-0.3, -0.25) is 14.5 Å². The van der Waals surface area contributed by atoms with E-state index >= 15 is 0 Å². The highest BCUT2D eigenvalue weighted by molar-refractivity contribution is 6.32. The van der Waals surface area contributed by atoms with Gasteiger partial charge < -0.3 is 5.32 Å². The minimum Gasteiger partial charge on any atom is -0.346 e. The number of carbonyl (C=O) groups is 1. The maximum Gasteiger partial charge on any atom is 0.276 e. The van der Waals surface area contributed by atoms with Crippen molar-refractivity contribution in [2.75, 3.05) is 13.1 Å². The van der Waals surface area contributed by atoms with Crippen LogP contribution in [0.25, 0.3) is 5.69 Å². The van der Waals surface area contributed by atoms with Gasteiger partial charge in [0.2, 0.25) is 5.43 Å². The summed E-state index contributed by atoms with van der Waals surface area (Å²) in [5.41, 5.74) is 1.96. The van der Waals surface area contributed by atoms with Crippen molar-refractivity contribution in [3.05, 3.63) is 92.9 Å². The van der Waals surface area contributed by atoms with E-state index in [9.17, 15) is 9.59 Å². The zero-order valence-electron chi connectivity index (χ0n) is 16.7. The maximum absolute atomic E-state index is 12.8. The molecule has 7 heteroatoms. The number of para-hydroxylation sites is 1. The van der Waals surface area contributed by atoms with Gasteiger partial charge in [0.05, 0.1) is 10.7 Å². The molecule has 1 aromatic heterocycles. The van der Waals surface area contributed by atoms with Crippen molar-refractivity contribution in [2.45, 2.75) is 25.9 Å². The second kappa shape index (κ2) is 8.81. The first-order valence-electron chi connectivity index (χ1n) is 9.94. The summed E-state index contributed by atoms with van der Waals surface area (Å²) < 4.78 is 1.54. The molecule has 3 aromatic rings. The number of aromatic nitrogens is 2. The second-order valence-corrected chi connectivity index (χ2v) is 7.95. The van der Waals surface area contributed by atoms with E-state index in [-0.39, 0.29) is 11.7 Å². The smallest absolute Gasteiger partial charge is 0.276 e. The van der Waals surface area contributed by atoms with Crippen molar-refractivity contribution < 1.29 is 4.79 Å². The number of rotatable bonds is 5. The highest BCUT2D eigenvalue weighted by Gasteiger charge is 2.26. The van der Waals surface area contributed by atoms with Crippen molar-refractivity contribution in [1.82, 2.24) is 20.0 Å². The Labute approximate surface area is 180 Å². The Balaban J connectivity index is 1.48. The summed E-state index contributed by atoms with van der Waals surface area (Å²) in [5.74, 6) is -0.452. The minimum absolute atomic E-state index is 0.0162. The van der Waals surface area contributed by atoms with Crippen molar-refractivity contribution >= 4 is 17.5 Å². The third kappa shape index (κ3) is 4.45. The molecule has 0 spiro atoms. The molecule has 0 bridgehead atoms. The zero-order valence-corrected chi connectivity index (χ0v) is 17.5. The summed E-state index contributed by atoms with van der Waals surface area (Å²) in [5, 5.41) is 7.80. The van der Waals surface area contributed by atoms with E-state index in [4.69, 9.17) is 11.6 Å². The molecule has 30 heavy (non-hydrogen) atoms. The molecule has 2 aromatic carbocycles. The lowest BCUT2D eigenvalue weighted by Crippen LogP contribution is -2.40. The quantitative estimate of drug-likeness (QED) is 0.685. The van der Waals surface area contributed by atoms with Gasteiger partial charge >= 0.3 is 0 Å². The van der Waals surface area contributed by atoms with Crippen LogP contribution in [-0.4, -0.2) is 39.7 Å². The molecule has 154 valence electrons. The van der Waals surface area contributed by atoms with Crippen molar-refractivity contribution in [3.8, 4) is 5.69 Å². The normalized spacial score (nSPS) is 16.5. The first-order chi connectivity index (χ1) is 14.5. The molecular weight excluding hydrogens is 400 g/mol. The lowest BCUT2D eigenvalue weighted by atomic mass is 10.2. The Bertz CT molecular complexity index is 1110. The van der Waals surface area contributed by atoms with E-state index in [0.717, 1.165) is 26.1 Å². The number of halogens is 1. The molecule has 1 amide bonds. The third-order valence-corrected chi connectivity index (χ3v) is 5.58. The average molecular weight is 423 g/mol. The van der Waals surface area contributed by atoms with Crippen LogP contribution in [0.1, 0.15) is 28.2 Å². The van der Waals surface area contributed by atoms with Gasteiger partial charge in [0.15, 0.2) is 5.69 Å². The average Bonchev–Trinajstić information content (AvgIpc) is 3.16. The Morgan fingerprint density at radius 1 is 1.17 bits per heavy atom. The molecule has 0 aliphatic carbocycles. The van der Waals surface area contributed by atoms with E-state index in [1.807, 2.05) is 30.3 Å². The van der Waals surface area contributed by atoms with Crippen LogP contribution in [0.2, 0.25) is 5.02 Å². The van der Waals surface area contributed by atoms with E-state index in [2.05, 4.69) is 27.4 Å². The molecule has 1 fully saturated rings. The molecule has 6 nitrogen and oxygen atoms in total. The molecule has 1 N–H and O–H groups in total. The number of nitrogens with one attached hydrogen (secondary N) is 1. The lowest BCUT2D eigenvalue weighted by molar-refractivity contribution is 0.0929. The van der Waals surface area contributed by atoms with E-state index in [1.54, 1.807) is 19.1 Å². The molecule has 1 saturated heterocycles. The summed E-state index contributed by atoms with van der Waals surface area (Å²) in [6.45, 7) is 4.24.